The van der Waals surface area contributed by atoms with Gasteiger partial charge in [-0.2, -0.15) is 0 Å². The molecule has 0 saturated carbocycles. The van der Waals surface area contributed by atoms with Crippen LogP contribution in [0.4, 0.5) is 0 Å². The zero-order valence-corrected chi connectivity index (χ0v) is 3.68. The summed E-state index contributed by atoms with van der Waals surface area (Å²) in [6.45, 7) is 3.46. The molecule has 3 nitrogen and oxygen atoms in total. The minimum atomic E-state index is 0.722. The van der Waals surface area contributed by atoms with E-state index in [0.29, 0.717) is 0 Å². The zero-order chi connectivity index (χ0) is 5.11. The van der Waals surface area contributed by atoms with Crippen LogP contribution in [0.25, 0.3) is 6.08 Å². The van der Waals surface area contributed by atoms with Gasteiger partial charge in [-0.25, -0.2) is 0 Å². The molecule has 0 saturated heterocycles. The second kappa shape index (κ2) is 1.55. The van der Waals surface area contributed by atoms with Crippen molar-refractivity contribution in [2.45, 2.75) is 0 Å². The van der Waals surface area contributed by atoms with Crippen LogP contribution in [0.1, 0.15) is 5.69 Å². The molecule has 7 heavy (non-hydrogen) atoms. The third-order valence-electron chi connectivity index (χ3n) is 0.595. The van der Waals surface area contributed by atoms with Gasteiger partial charge in [-0.15, -0.1) is 5.10 Å². The van der Waals surface area contributed by atoms with Crippen LogP contribution >= 0.6 is 0 Å². The molecule has 0 amide bonds. The van der Waals surface area contributed by atoms with E-state index >= 15 is 0 Å². The predicted molar refractivity (Wildman–Crippen MR) is 25.3 cm³/mol. The number of hydrogen-bond acceptors (Lipinski definition) is 2. The first-order valence-electron chi connectivity index (χ1n) is 1.84. The molecule has 0 aliphatic rings. The van der Waals surface area contributed by atoms with Crippen molar-refractivity contribution in [3.05, 3.63) is 18.5 Å². The molecule has 0 atom stereocenters. The van der Waals surface area contributed by atoms with Crippen molar-refractivity contribution in [3.63, 3.8) is 0 Å². The molecule has 1 radical (unpaired) electrons. The van der Waals surface area contributed by atoms with Crippen molar-refractivity contribution in [2.75, 3.05) is 0 Å². The first-order valence-corrected chi connectivity index (χ1v) is 1.84. The van der Waals surface area contributed by atoms with Crippen LogP contribution in [0.15, 0.2) is 6.58 Å². The van der Waals surface area contributed by atoms with Gasteiger partial charge in [0.25, 0.3) is 0 Å². The molecule has 1 aromatic heterocycles. The molecule has 0 fully saturated rings. The average molecular weight is 94.1 g/mol. The quantitative estimate of drug-likeness (QED) is 0.541. The maximum atomic E-state index is 3.46. The number of nitrogens with one attached hydrogen (secondary N) is 1. The van der Waals surface area contributed by atoms with Gasteiger partial charge >= 0.3 is 0 Å². The zero-order valence-electron chi connectivity index (χ0n) is 3.68. The Morgan fingerprint density at radius 3 is 3.00 bits per heavy atom. The van der Waals surface area contributed by atoms with E-state index in [2.05, 4.69) is 28.2 Å². The third-order valence-corrected chi connectivity index (χ3v) is 0.595. The van der Waals surface area contributed by atoms with Crippen LogP contribution in [0.5, 0.6) is 0 Å². The summed E-state index contributed by atoms with van der Waals surface area (Å²) in [6, 6.07) is 0. The Hall–Kier alpha value is -1.12. The monoisotopic (exact) mass is 94.0 g/mol. The molecule has 3 heteroatoms. The summed E-state index contributed by atoms with van der Waals surface area (Å²) >= 11 is 0. The van der Waals surface area contributed by atoms with Gasteiger partial charge in [-0.3, -0.25) is 5.10 Å². The highest BCUT2D eigenvalue weighted by molar-refractivity contribution is 5.37. The molecule has 0 spiro atoms. The first-order chi connectivity index (χ1) is 3.43. The lowest BCUT2D eigenvalue weighted by molar-refractivity contribution is 0.935. The van der Waals surface area contributed by atoms with Crippen molar-refractivity contribution in [3.8, 4) is 0 Å². The average Bonchev–Trinajstić information content (AvgIpc) is 2.14. The summed E-state index contributed by atoms with van der Waals surface area (Å²) in [5, 5.41) is 9.33. The molecule has 0 aromatic carbocycles. The van der Waals surface area contributed by atoms with E-state index in [4.69, 9.17) is 0 Å². The van der Waals surface area contributed by atoms with E-state index in [1.807, 2.05) is 0 Å². The Morgan fingerprint density at radius 2 is 2.71 bits per heavy atom. The highest BCUT2D eigenvalue weighted by Gasteiger charge is 1.81. The van der Waals surface area contributed by atoms with Crippen molar-refractivity contribution in [1.82, 2.24) is 15.4 Å². The fraction of sp³-hybridized carbons (Fsp3) is 0. The number of hydrogen-bond donors (Lipinski definition) is 1. The molecular formula is C4H4N3. The Morgan fingerprint density at radius 1 is 1.86 bits per heavy atom. The smallest absolute Gasteiger partial charge is 0.142 e. The Kier molecular flexibility index (Phi) is 0.898. The molecule has 0 aliphatic carbocycles. The van der Waals surface area contributed by atoms with Crippen LogP contribution < -0.4 is 0 Å². The second-order valence-corrected chi connectivity index (χ2v) is 1.04. The van der Waals surface area contributed by atoms with E-state index < -0.39 is 0 Å². The number of aromatic amines is 1. The second-order valence-electron chi connectivity index (χ2n) is 1.04. The summed E-state index contributed by atoms with van der Waals surface area (Å²) in [4.78, 5) is 0. The minimum Gasteiger partial charge on any atom is -0.257 e. The van der Waals surface area contributed by atoms with Crippen LogP contribution in [0, 0.1) is 6.20 Å². The molecule has 0 aliphatic heterocycles. The topological polar surface area (TPSA) is 41.6 Å². The van der Waals surface area contributed by atoms with E-state index in [1.165, 1.54) is 0 Å². The molecule has 0 unspecified atom stereocenters. The number of H-pyrrole nitrogens is 1. The van der Waals surface area contributed by atoms with E-state index in [0.717, 1.165) is 5.69 Å². The van der Waals surface area contributed by atoms with Crippen molar-refractivity contribution in [2.24, 2.45) is 0 Å². The number of aromatic nitrogens is 3. The van der Waals surface area contributed by atoms with Crippen molar-refractivity contribution in [1.29, 1.82) is 0 Å². The molecule has 1 rings (SSSR count). The lowest BCUT2D eigenvalue weighted by Crippen LogP contribution is -1.67. The summed E-state index contributed by atoms with van der Waals surface area (Å²) in [7, 11) is 0. The Bertz CT molecular complexity index is 142. The maximum Gasteiger partial charge on any atom is 0.142 e. The Labute approximate surface area is 41.1 Å². The maximum absolute atomic E-state index is 3.46. The van der Waals surface area contributed by atoms with Gasteiger partial charge in [0, 0.05) is 0 Å². The van der Waals surface area contributed by atoms with Gasteiger partial charge in [0.2, 0.25) is 0 Å². The summed E-state index contributed by atoms with van der Waals surface area (Å²) in [5.74, 6) is 0. The van der Waals surface area contributed by atoms with E-state index in [1.54, 1.807) is 6.08 Å². The summed E-state index contributed by atoms with van der Waals surface area (Å²) in [5.41, 5.74) is 0.722. The molecule has 35 valence electrons. The Balaban J connectivity index is 2.96. The summed E-state index contributed by atoms with van der Waals surface area (Å²) < 4.78 is 0. The van der Waals surface area contributed by atoms with Gasteiger partial charge in [-0.05, 0) is 6.08 Å². The third kappa shape index (κ3) is 0.652. The minimum absolute atomic E-state index is 0.722. The van der Waals surface area contributed by atoms with E-state index in [9.17, 15) is 0 Å². The molecule has 1 N–H and O–H groups in total. The van der Waals surface area contributed by atoms with Gasteiger partial charge in [-0.1, -0.05) is 11.8 Å². The van der Waals surface area contributed by atoms with Crippen LogP contribution in [-0.4, -0.2) is 15.4 Å². The van der Waals surface area contributed by atoms with Crippen LogP contribution in [0.2, 0.25) is 0 Å². The van der Waals surface area contributed by atoms with Crippen LogP contribution in [0.3, 0.4) is 0 Å². The lowest BCUT2D eigenvalue weighted by atomic mass is 10.5. The fourth-order valence-corrected chi connectivity index (χ4v) is 0.274. The van der Waals surface area contributed by atoms with Crippen molar-refractivity contribution < 1.29 is 0 Å². The molecule has 1 aromatic rings. The fourth-order valence-electron chi connectivity index (χ4n) is 0.274. The highest BCUT2D eigenvalue weighted by Crippen LogP contribution is 1.84. The molecule has 1 heterocycles. The first kappa shape index (κ1) is 4.05. The largest absolute Gasteiger partial charge is 0.257 e. The summed E-state index contributed by atoms with van der Waals surface area (Å²) in [6.07, 6.45) is 4.15. The SMILES string of the molecule is C=Cc1[c]nn[nH]1. The van der Waals surface area contributed by atoms with Gasteiger partial charge < -0.3 is 0 Å². The normalized spacial score (nSPS) is 8.57. The molecule has 0 bridgehead atoms. The van der Waals surface area contributed by atoms with Gasteiger partial charge in [0.1, 0.15) is 6.20 Å². The van der Waals surface area contributed by atoms with Gasteiger partial charge in [0.15, 0.2) is 0 Å². The lowest BCUT2D eigenvalue weighted by Gasteiger charge is -1.69. The van der Waals surface area contributed by atoms with E-state index in [-0.39, 0.29) is 0 Å². The van der Waals surface area contributed by atoms with Gasteiger partial charge in [0.05, 0.1) is 5.69 Å². The van der Waals surface area contributed by atoms with Crippen molar-refractivity contribution >= 4 is 6.08 Å². The molecular weight excluding hydrogens is 90.1 g/mol. The predicted octanol–water partition coefficient (Wildman–Crippen LogP) is 0.248. The number of rotatable bonds is 1. The highest BCUT2D eigenvalue weighted by atomic mass is 15.3. The van der Waals surface area contributed by atoms with Crippen LogP contribution in [-0.2, 0) is 0 Å². The number of nitrogens with zero attached hydrogens (tertiary/aromatic N) is 2. The standard InChI is InChI=1S/C4H4N3/c1-2-4-3-5-7-6-4/h2H,1H2,(H,5,6,7).